The Morgan fingerprint density at radius 3 is 3.08 bits per heavy atom. The van der Waals surface area contributed by atoms with E-state index in [1.807, 2.05) is 0 Å². The lowest BCUT2D eigenvalue weighted by atomic mass is 10.1. The van der Waals surface area contributed by atoms with Gasteiger partial charge in [0.15, 0.2) is 0 Å². The van der Waals surface area contributed by atoms with Gasteiger partial charge in [-0.05, 0) is 12.1 Å². The maximum Gasteiger partial charge on any atom is 0.218 e. The van der Waals surface area contributed by atoms with Gasteiger partial charge in [-0.3, -0.25) is 0 Å². The predicted octanol–water partition coefficient (Wildman–Crippen LogP) is 0.723. The molecule has 0 bridgehead atoms. The van der Waals surface area contributed by atoms with Gasteiger partial charge in [0.05, 0.1) is 13.2 Å². The number of terminal acetylenes is 1. The van der Waals surface area contributed by atoms with E-state index in [1.54, 1.807) is 18.3 Å². The second kappa shape index (κ2) is 3.74. The molecule has 3 nitrogen and oxygen atoms in total. The molecule has 0 amide bonds. The first-order valence-corrected chi connectivity index (χ1v) is 3.50. The molecular weight excluding hydrogens is 152 g/mol. The third kappa shape index (κ3) is 1.55. The number of aromatic nitrogens is 1. The van der Waals surface area contributed by atoms with Crippen LogP contribution in [0.1, 0.15) is 11.6 Å². The van der Waals surface area contributed by atoms with Crippen LogP contribution in [0.25, 0.3) is 0 Å². The number of methoxy groups -OCH3 is 1. The van der Waals surface area contributed by atoms with Crippen LogP contribution in [0.4, 0.5) is 0 Å². The van der Waals surface area contributed by atoms with Gasteiger partial charge >= 0.3 is 0 Å². The zero-order valence-corrected chi connectivity index (χ0v) is 6.82. The molecule has 0 aliphatic heterocycles. The molecule has 1 aromatic heterocycles. The molecule has 1 unspecified atom stereocenters. The summed E-state index contributed by atoms with van der Waals surface area (Å²) in [5.74, 6) is 2.90. The smallest absolute Gasteiger partial charge is 0.218 e. The summed E-state index contributed by atoms with van der Waals surface area (Å²) in [6.07, 6.45) is 6.80. The molecule has 12 heavy (non-hydrogen) atoms. The van der Waals surface area contributed by atoms with Crippen LogP contribution < -0.4 is 10.5 Å². The molecule has 3 heteroatoms. The van der Waals surface area contributed by atoms with Crippen LogP contribution in [0.5, 0.6) is 5.88 Å². The summed E-state index contributed by atoms with van der Waals surface area (Å²) in [5.41, 5.74) is 6.35. The Kier molecular flexibility index (Phi) is 2.67. The number of ether oxygens (including phenoxy) is 1. The average Bonchev–Trinajstić information content (AvgIpc) is 2.16. The van der Waals surface area contributed by atoms with E-state index < -0.39 is 6.04 Å². The molecule has 0 saturated heterocycles. The molecule has 62 valence electrons. The van der Waals surface area contributed by atoms with Gasteiger partial charge in [0.25, 0.3) is 0 Å². The monoisotopic (exact) mass is 162 g/mol. The average molecular weight is 162 g/mol. The molecule has 0 saturated carbocycles. The second-order valence-corrected chi connectivity index (χ2v) is 2.25. The topological polar surface area (TPSA) is 48.1 Å². The number of pyridine rings is 1. The van der Waals surface area contributed by atoms with E-state index in [0.29, 0.717) is 5.88 Å². The minimum absolute atomic E-state index is 0.450. The molecule has 1 aromatic rings. The van der Waals surface area contributed by atoms with E-state index in [1.165, 1.54) is 7.11 Å². The fraction of sp³-hybridized carbons (Fsp3) is 0.222. The van der Waals surface area contributed by atoms with Gasteiger partial charge in [-0.15, -0.1) is 6.42 Å². The minimum atomic E-state index is -0.450. The Morgan fingerprint density at radius 2 is 2.50 bits per heavy atom. The molecule has 0 fully saturated rings. The standard InChI is InChI=1S/C9H10N2O/c1-3-8(10)7-5-4-6-11-9(7)12-2/h1,4-6,8H,10H2,2H3. The molecule has 2 N–H and O–H groups in total. The number of nitrogens with two attached hydrogens (primary N) is 1. The highest BCUT2D eigenvalue weighted by Gasteiger charge is 2.08. The molecule has 1 heterocycles. The predicted molar refractivity (Wildman–Crippen MR) is 46.6 cm³/mol. The van der Waals surface area contributed by atoms with Gasteiger partial charge in [-0.2, -0.15) is 0 Å². The fourth-order valence-corrected chi connectivity index (χ4v) is 0.900. The summed E-state index contributed by atoms with van der Waals surface area (Å²) in [7, 11) is 1.54. The summed E-state index contributed by atoms with van der Waals surface area (Å²) in [5, 5.41) is 0. The van der Waals surface area contributed by atoms with Gasteiger partial charge in [-0.25, -0.2) is 4.98 Å². The van der Waals surface area contributed by atoms with Gasteiger partial charge < -0.3 is 10.5 Å². The third-order valence-electron chi connectivity index (χ3n) is 1.51. The largest absolute Gasteiger partial charge is 0.481 e. The number of hydrogen-bond donors (Lipinski definition) is 1. The Hall–Kier alpha value is -1.53. The summed E-state index contributed by atoms with van der Waals surface area (Å²) >= 11 is 0. The number of hydrogen-bond acceptors (Lipinski definition) is 3. The van der Waals surface area contributed by atoms with Crippen molar-refractivity contribution < 1.29 is 4.74 Å². The summed E-state index contributed by atoms with van der Waals surface area (Å²) in [4.78, 5) is 3.97. The zero-order chi connectivity index (χ0) is 8.97. The SMILES string of the molecule is C#CC(N)c1cccnc1OC. The van der Waals surface area contributed by atoms with E-state index >= 15 is 0 Å². The summed E-state index contributed by atoms with van der Waals surface area (Å²) in [6, 6.07) is 3.12. The maximum atomic E-state index is 5.61. The molecule has 0 aliphatic rings. The van der Waals surface area contributed by atoms with Crippen LogP contribution >= 0.6 is 0 Å². The lowest BCUT2D eigenvalue weighted by Crippen LogP contribution is -2.09. The molecule has 0 aromatic carbocycles. The molecule has 1 atom stereocenters. The first-order valence-electron chi connectivity index (χ1n) is 3.50. The van der Waals surface area contributed by atoms with Gasteiger partial charge in [0, 0.05) is 11.8 Å². The Labute approximate surface area is 71.6 Å². The molecule has 1 rings (SSSR count). The third-order valence-corrected chi connectivity index (χ3v) is 1.51. The molecule has 0 aliphatic carbocycles. The van der Waals surface area contributed by atoms with E-state index in [9.17, 15) is 0 Å². The van der Waals surface area contributed by atoms with E-state index in [0.717, 1.165) is 5.56 Å². The van der Waals surface area contributed by atoms with Crippen molar-refractivity contribution >= 4 is 0 Å². The first-order chi connectivity index (χ1) is 5.79. The number of nitrogens with zero attached hydrogens (tertiary/aromatic N) is 1. The molecule has 0 spiro atoms. The highest BCUT2D eigenvalue weighted by atomic mass is 16.5. The zero-order valence-electron chi connectivity index (χ0n) is 6.82. The van der Waals surface area contributed by atoms with Gasteiger partial charge in [0.2, 0.25) is 5.88 Å². The summed E-state index contributed by atoms with van der Waals surface area (Å²) in [6.45, 7) is 0. The van der Waals surface area contributed by atoms with Crippen molar-refractivity contribution in [1.29, 1.82) is 0 Å². The van der Waals surface area contributed by atoms with Crippen molar-refractivity contribution in [2.45, 2.75) is 6.04 Å². The Balaban J connectivity index is 3.06. The van der Waals surface area contributed by atoms with Crippen molar-refractivity contribution in [3.8, 4) is 18.2 Å². The lowest BCUT2D eigenvalue weighted by Gasteiger charge is -2.08. The van der Waals surface area contributed by atoms with E-state index in [-0.39, 0.29) is 0 Å². The van der Waals surface area contributed by atoms with Gasteiger partial charge in [-0.1, -0.05) is 5.92 Å². The number of rotatable bonds is 2. The molecular formula is C9H10N2O. The van der Waals surface area contributed by atoms with E-state index in [2.05, 4.69) is 10.9 Å². The highest BCUT2D eigenvalue weighted by molar-refractivity contribution is 5.33. The highest BCUT2D eigenvalue weighted by Crippen LogP contribution is 2.19. The van der Waals surface area contributed by atoms with Crippen molar-refractivity contribution in [2.75, 3.05) is 7.11 Å². The van der Waals surface area contributed by atoms with Crippen molar-refractivity contribution in [2.24, 2.45) is 5.73 Å². The quantitative estimate of drug-likeness (QED) is 0.652. The second-order valence-electron chi connectivity index (χ2n) is 2.25. The van der Waals surface area contributed by atoms with Crippen LogP contribution in [-0.2, 0) is 0 Å². The Bertz CT molecular complexity index is 304. The van der Waals surface area contributed by atoms with Crippen LogP contribution in [0, 0.1) is 12.3 Å². The van der Waals surface area contributed by atoms with Crippen molar-refractivity contribution in [3.05, 3.63) is 23.9 Å². The first kappa shape index (κ1) is 8.57. The summed E-state index contributed by atoms with van der Waals surface area (Å²) < 4.78 is 4.98. The maximum absolute atomic E-state index is 5.61. The van der Waals surface area contributed by atoms with Crippen LogP contribution in [0.15, 0.2) is 18.3 Å². The molecule has 0 radical (unpaired) electrons. The van der Waals surface area contributed by atoms with Crippen LogP contribution in [0.3, 0.4) is 0 Å². The van der Waals surface area contributed by atoms with Crippen LogP contribution in [-0.4, -0.2) is 12.1 Å². The van der Waals surface area contributed by atoms with E-state index in [4.69, 9.17) is 16.9 Å². The lowest BCUT2D eigenvalue weighted by molar-refractivity contribution is 0.391. The van der Waals surface area contributed by atoms with Crippen molar-refractivity contribution in [1.82, 2.24) is 4.98 Å². The van der Waals surface area contributed by atoms with Crippen LogP contribution in [0.2, 0.25) is 0 Å². The van der Waals surface area contributed by atoms with Crippen molar-refractivity contribution in [3.63, 3.8) is 0 Å². The fourth-order valence-electron chi connectivity index (χ4n) is 0.900. The Morgan fingerprint density at radius 1 is 1.75 bits per heavy atom. The minimum Gasteiger partial charge on any atom is -0.481 e. The van der Waals surface area contributed by atoms with Gasteiger partial charge in [0.1, 0.15) is 0 Å². The normalized spacial score (nSPS) is 11.8.